The summed E-state index contributed by atoms with van der Waals surface area (Å²) in [5.74, 6) is 2.91. The molecule has 2 atom stereocenters. The third-order valence-electron chi connectivity index (χ3n) is 5.35. The van der Waals surface area contributed by atoms with Gasteiger partial charge in [-0.3, -0.25) is 4.99 Å². The highest BCUT2D eigenvalue weighted by molar-refractivity contribution is 14.0. The molecule has 0 saturated heterocycles. The van der Waals surface area contributed by atoms with Crippen molar-refractivity contribution < 1.29 is 4.74 Å². The summed E-state index contributed by atoms with van der Waals surface area (Å²) < 4.78 is 7.74. The molecule has 1 aliphatic carbocycles. The Hall–Kier alpha value is -0.900. The zero-order chi connectivity index (χ0) is 16.4. The molecule has 2 unspecified atom stereocenters. The molecule has 7 nitrogen and oxygen atoms in total. The third-order valence-corrected chi connectivity index (χ3v) is 5.35. The molecule has 0 radical (unpaired) electrons. The highest BCUT2D eigenvalue weighted by Gasteiger charge is 2.48. The van der Waals surface area contributed by atoms with E-state index in [9.17, 15) is 0 Å². The maximum atomic E-state index is 5.51. The number of aryl methyl sites for hydroxylation is 1. The number of halogens is 1. The smallest absolute Gasteiger partial charge is 0.191 e. The molecule has 136 valence electrons. The molecule has 8 heteroatoms. The van der Waals surface area contributed by atoms with Gasteiger partial charge in [-0.2, -0.15) is 0 Å². The Balaban J connectivity index is 0.00000208. The number of ether oxygens (including phenoxy) is 1. The van der Waals surface area contributed by atoms with Gasteiger partial charge in [0.2, 0.25) is 0 Å². The van der Waals surface area contributed by atoms with Crippen LogP contribution in [0, 0.1) is 5.41 Å². The molecule has 1 aromatic rings. The summed E-state index contributed by atoms with van der Waals surface area (Å²) >= 11 is 0. The van der Waals surface area contributed by atoms with Crippen LogP contribution in [0.5, 0.6) is 0 Å². The Bertz CT molecular complexity index is 585. The monoisotopic (exact) mass is 448 g/mol. The molecule has 1 aliphatic heterocycles. The van der Waals surface area contributed by atoms with Crippen molar-refractivity contribution in [1.29, 1.82) is 0 Å². The first kappa shape index (κ1) is 19.4. The summed E-state index contributed by atoms with van der Waals surface area (Å²) in [5.41, 5.74) is 0.112. The molecule has 1 fully saturated rings. The van der Waals surface area contributed by atoms with Crippen LogP contribution in [-0.4, -0.2) is 47.0 Å². The van der Waals surface area contributed by atoms with Crippen molar-refractivity contribution in [2.75, 3.05) is 14.2 Å². The summed E-state index contributed by atoms with van der Waals surface area (Å²) in [7, 11) is 3.58. The first-order chi connectivity index (χ1) is 11.1. The van der Waals surface area contributed by atoms with Crippen LogP contribution in [0.15, 0.2) is 4.99 Å². The van der Waals surface area contributed by atoms with Crippen molar-refractivity contribution in [1.82, 2.24) is 25.4 Å². The molecule has 1 aromatic heterocycles. The molecule has 2 aliphatic rings. The van der Waals surface area contributed by atoms with Gasteiger partial charge in [0.1, 0.15) is 5.82 Å². The lowest BCUT2D eigenvalue weighted by Gasteiger charge is -2.51. The van der Waals surface area contributed by atoms with E-state index in [0.29, 0.717) is 18.7 Å². The lowest BCUT2D eigenvalue weighted by Crippen LogP contribution is -2.63. The second-order valence-electron chi connectivity index (χ2n) is 7.05. The predicted molar refractivity (Wildman–Crippen MR) is 105 cm³/mol. The maximum Gasteiger partial charge on any atom is 0.191 e. The topological polar surface area (TPSA) is 76.4 Å². The van der Waals surface area contributed by atoms with Crippen molar-refractivity contribution >= 4 is 29.9 Å². The van der Waals surface area contributed by atoms with E-state index in [1.807, 2.05) is 0 Å². The summed E-state index contributed by atoms with van der Waals surface area (Å²) in [4.78, 5) is 4.33. The third kappa shape index (κ3) is 3.68. The maximum absolute atomic E-state index is 5.51. The molecule has 24 heavy (non-hydrogen) atoms. The van der Waals surface area contributed by atoms with E-state index in [1.54, 1.807) is 14.2 Å². The lowest BCUT2D eigenvalue weighted by molar-refractivity contribution is -0.0922. The fourth-order valence-electron chi connectivity index (χ4n) is 3.55. The number of hydrogen-bond acceptors (Lipinski definition) is 4. The van der Waals surface area contributed by atoms with Crippen LogP contribution < -0.4 is 10.6 Å². The van der Waals surface area contributed by atoms with Crippen LogP contribution in [0.1, 0.15) is 44.8 Å². The average Bonchev–Trinajstić information content (AvgIpc) is 2.97. The number of methoxy groups -OCH3 is 1. The SMILES string of the molecule is CN=C(NCc1nnc2n1CCCC2)NC1CC(OC)C1(C)C.I. The van der Waals surface area contributed by atoms with Gasteiger partial charge in [0.25, 0.3) is 0 Å². The Morgan fingerprint density at radius 3 is 2.83 bits per heavy atom. The number of aliphatic imine (C=N–C) groups is 1. The Labute approximate surface area is 161 Å². The predicted octanol–water partition coefficient (Wildman–Crippen LogP) is 1.71. The lowest BCUT2D eigenvalue weighted by atomic mass is 9.64. The Kier molecular flexibility index (Phi) is 6.46. The highest BCUT2D eigenvalue weighted by atomic mass is 127. The van der Waals surface area contributed by atoms with Gasteiger partial charge in [-0.1, -0.05) is 13.8 Å². The van der Waals surface area contributed by atoms with E-state index in [4.69, 9.17) is 4.74 Å². The number of nitrogens with one attached hydrogen (secondary N) is 2. The van der Waals surface area contributed by atoms with Crippen molar-refractivity contribution in [2.45, 2.75) is 64.8 Å². The second-order valence-corrected chi connectivity index (χ2v) is 7.05. The van der Waals surface area contributed by atoms with Crippen LogP contribution in [0.3, 0.4) is 0 Å². The summed E-state index contributed by atoms with van der Waals surface area (Å²) in [5, 5.41) is 15.5. The minimum Gasteiger partial charge on any atom is -0.381 e. The van der Waals surface area contributed by atoms with E-state index in [-0.39, 0.29) is 29.4 Å². The van der Waals surface area contributed by atoms with E-state index in [2.05, 4.69) is 44.2 Å². The molecule has 0 bridgehead atoms. The largest absolute Gasteiger partial charge is 0.381 e. The van der Waals surface area contributed by atoms with Crippen molar-refractivity contribution in [3.8, 4) is 0 Å². The first-order valence-electron chi connectivity index (χ1n) is 8.47. The standard InChI is InChI=1S/C16H28N6O.HI/c1-16(2)11(9-12(16)23-4)19-15(17-3)18-10-14-21-20-13-7-5-6-8-22(13)14;/h11-12H,5-10H2,1-4H3,(H2,17,18,19);1H. The van der Waals surface area contributed by atoms with Gasteiger partial charge in [0, 0.05) is 38.6 Å². The minimum absolute atomic E-state index is 0. The normalized spacial score (nSPS) is 25.2. The number of fused-ring (bicyclic) bond motifs is 1. The fourth-order valence-corrected chi connectivity index (χ4v) is 3.55. The molecular weight excluding hydrogens is 419 g/mol. The van der Waals surface area contributed by atoms with Gasteiger partial charge in [-0.15, -0.1) is 34.2 Å². The molecule has 0 amide bonds. The van der Waals surface area contributed by atoms with Gasteiger partial charge >= 0.3 is 0 Å². The van der Waals surface area contributed by atoms with E-state index < -0.39 is 0 Å². The molecule has 1 saturated carbocycles. The van der Waals surface area contributed by atoms with Crippen LogP contribution in [-0.2, 0) is 24.2 Å². The molecule has 0 aromatic carbocycles. The molecule has 2 heterocycles. The zero-order valence-electron chi connectivity index (χ0n) is 15.0. The molecular formula is C16H29IN6O. The highest BCUT2D eigenvalue weighted by Crippen LogP contribution is 2.42. The number of guanidine groups is 1. The van der Waals surface area contributed by atoms with Gasteiger partial charge in [0.15, 0.2) is 11.8 Å². The number of nitrogens with zero attached hydrogens (tertiary/aromatic N) is 4. The average molecular weight is 448 g/mol. The van der Waals surface area contributed by atoms with Gasteiger partial charge in [-0.25, -0.2) is 0 Å². The summed E-state index contributed by atoms with van der Waals surface area (Å²) in [6, 6.07) is 0.367. The van der Waals surface area contributed by atoms with Crippen molar-refractivity contribution in [3.05, 3.63) is 11.6 Å². The van der Waals surface area contributed by atoms with Gasteiger partial charge in [0.05, 0.1) is 12.6 Å². The zero-order valence-corrected chi connectivity index (χ0v) is 17.3. The molecule has 2 N–H and O–H groups in total. The Morgan fingerprint density at radius 2 is 2.17 bits per heavy atom. The van der Waals surface area contributed by atoms with Crippen LogP contribution in [0.4, 0.5) is 0 Å². The van der Waals surface area contributed by atoms with Crippen molar-refractivity contribution in [3.63, 3.8) is 0 Å². The van der Waals surface area contributed by atoms with Gasteiger partial charge in [-0.05, 0) is 19.3 Å². The van der Waals surface area contributed by atoms with Crippen LogP contribution in [0.25, 0.3) is 0 Å². The van der Waals surface area contributed by atoms with E-state index >= 15 is 0 Å². The van der Waals surface area contributed by atoms with Crippen molar-refractivity contribution in [2.24, 2.45) is 10.4 Å². The fraction of sp³-hybridized carbons (Fsp3) is 0.812. The summed E-state index contributed by atoms with van der Waals surface area (Å²) in [6.07, 6.45) is 4.77. The quantitative estimate of drug-likeness (QED) is 0.417. The number of aromatic nitrogens is 3. The molecule has 3 rings (SSSR count). The first-order valence-corrected chi connectivity index (χ1v) is 8.47. The summed E-state index contributed by atoms with van der Waals surface area (Å²) in [6.45, 7) is 6.12. The Morgan fingerprint density at radius 1 is 1.38 bits per heavy atom. The van der Waals surface area contributed by atoms with E-state index in [1.165, 1.54) is 12.8 Å². The van der Waals surface area contributed by atoms with E-state index in [0.717, 1.165) is 37.0 Å². The van der Waals surface area contributed by atoms with Gasteiger partial charge < -0.3 is 19.9 Å². The van der Waals surface area contributed by atoms with Crippen LogP contribution >= 0.6 is 24.0 Å². The number of hydrogen-bond donors (Lipinski definition) is 2. The number of rotatable bonds is 4. The second kappa shape index (κ2) is 7.99. The van der Waals surface area contributed by atoms with Crippen LogP contribution in [0.2, 0.25) is 0 Å². The molecule has 0 spiro atoms. The minimum atomic E-state index is 0.